The summed E-state index contributed by atoms with van der Waals surface area (Å²) in [7, 11) is 4.70. The van der Waals surface area contributed by atoms with Crippen LogP contribution in [0.1, 0.15) is 32.8 Å². The first-order chi connectivity index (χ1) is 15.2. The Hall–Kier alpha value is -2.68. The minimum absolute atomic E-state index is 0.00820. The minimum atomic E-state index is -0.486. The van der Waals surface area contributed by atoms with Gasteiger partial charge in [-0.1, -0.05) is 0 Å². The molecule has 0 aliphatic carbocycles. The largest absolute Gasteiger partial charge is 0.493 e. The van der Waals surface area contributed by atoms with Crippen LogP contribution in [0.5, 0.6) is 17.2 Å². The molecule has 2 rings (SSSR count). The Morgan fingerprint density at radius 1 is 0.969 bits per heavy atom. The van der Waals surface area contributed by atoms with E-state index in [2.05, 4.69) is 10.2 Å². The Balaban J connectivity index is 1.71. The SMILES string of the molecule is COc1cc(CCC(=O)NCCN2CCN(C(=O)OC(C)(C)C)CC2)cc(OC)c1OC. The van der Waals surface area contributed by atoms with E-state index >= 15 is 0 Å². The topological polar surface area (TPSA) is 89.6 Å². The maximum absolute atomic E-state index is 12.3. The van der Waals surface area contributed by atoms with Crippen LogP contribution in [0.3, 0.4) is 0 Å². The number of carbonyl (C=O) groups excluding carboxylic acids is 2. The molecule has 0 radical (unpaired) electrons. The highest BCUT2D eigenvalue weighted by Gasteiger charge is 2.25. The molecule has 0 atom stereocenters. The van der Waals surface area contributed by atoms with Crippen molar-refractivity contribution >= 4 is 12.0 Å². The van der Waals surface area contributed by atoms with Crippen LogP contribution in [0.15, 0.2) is 12.1 Å². The third-order valence-electron chi connectivity index (χ3n) is 5.14. The van der Waals surface area contributed by atoms with Crippen LogP contribution < -0.4 is 19.5 Å². The zero-order valence-corrected chi connectivity index (χ0v) is 20.2. The van der Waals surface area contributed by atoms with Crippen molar-refractivity contribution in [3.8, 4) is 17.2 Å². The summed E-state index contributed by atoms with van der Waals surface area (Å²) in [6.45, 7) is 9.70. The summed E-state index contributed by atoms with van der Waals surface area (Å²) in [6, 6.07) is 3.72. The highest BCUT2D eigenvalue weighted by Crippen LogP contribution is 2.38. The van der Waals surface area contributed by atoms with Crippen LogP contribution in [0, 0.1) is 0 Å². The number of ether oxygens (including phenoxy) is 4. The zero-order chi connectivity index (χ0) is 23.7. The highest BCUT2D eigenvalue weighted by atomic mass is 16.6. The Morgan fingerprint density at radius 2 is 1.56 bits per heavy atom. The van der Waals surface area contributed by atoms with E-state index < -0.39 is 5.60 Å². The lowest BCUT2D eigenvalue weighted by atomic mass is 10.1. The molecule has 9 nitrogen and oxygen atoms in total. The summed E-state index contributed by atoms with van der Waals surface area (Å²) in [4.78, 5) is 28.4. The molecule has 2 amide bonds. The number of piperazine rings is 1. The van der Waals surface area contributed by atoms with E-state index in [0.717, 1.165) is 25.2 Å². The van der Waals surface area contributed by atoms with Crippen molar-refractivity contribution in [3.63, 3.8) is 0 Å². The van der Waals surface area contributed by atoms with E-state index in [0.29, 0.717) is 49.7 Å². The number of hydrogen-bond acceptors (Lipinski definition) is 7. The average Bonchev–Trinajstić information content (AvgIpc) is 2.76. The van der Waals surface area contributed by atoms with Gasteiger partial charge >= 0.3 is 6.09 Å². The molecule has 1 saturated heterocycles. The summed E-state index contributed by atoms with van der Waals surface area (Å²) >= 11 is 0. The summed E-state index contributed by atoms with van der Waals surface area (Å²) in [6.07, 6.45) is 0.666. The lowest BCUT2D eigenvalue weighted by Crippen LogP contribution is -2.51. The normalized spacial score (nSPS) is 14.6. The third kappa shape index (κ3) is 7.78. The monoisotopic (exact) mass is 451 g/mol. The Kier molecular flexibility index (Phi) is 9.43. The summed E-state index contributed by atoms with van der Waals surface area (Å²) in [5.41, 5.74) is 0.452. The van der Waals surface area contributed by atoms with Crippen molar-refractivity contribution in [1.29, 1.82) is 0 Å². The molecular weight excluding hydrogens is 414 g/mol. The summed E-state index contributed by atoms with van der Waals surface area (Å²) in [5.74, 6) is 1.68. The smallest absolute Gasteiger partial charge is 0.410 e. The lowest BCUT2D eigenvalue weighted by Gasteiger charge is -2.35. The standard InChI is InChI=1S/C23H37N3O6/c1-23(2,3)32-22(28)26-13-11-25(12-14-26)10-9-24-20(27)8-7-17-15-18(29-4)21(31-6)19(16-17)30-5/h15-16H,7-14H2,1-6H3,(H,24,27). The second-order valence-corrected chi connectivity index (χ2v) is 8.69. The van der Waals surface area contributed by atoms with Gasteiger partial charge in [0.2, 0.25) is 11.7 Å². The molecule has 0 spiro atoms. The first-order valence-corrected chi connectivity index (χ1v) is 10.9. The molecule has 1 aromatic rings. The Morgan fingerprint density at radius 3 is 2.06 bits per heavy atom. The van der Waals surface area contributed by atoms with Gasteiger partial charge in [0.05, 0.1) is 21.3 Å². The summed E-state index contributed by atoms with van der Waals surface area (Å²) < 4.78 is 21.5. The molecule has 1 aliphatic rings. The van der Waals surface area contributed by atoms with Gasteiger partial charge in [0.25, 0.3) is 0 Å². The molecule has 0 aromatic heterocycles. The van der Waals surface area contributed by atoms with Gasteiger partial charge in [-0.25, -0.2) is 4.79 Å². The second kappa shape index (κ2) is 11.8. The van der Waals surface area contributed by atoms with E-state index in [1.165, 1.54) is 0 Å². The van der Waals surface area contributed by atoms with Crippen molar-refractivity contribution in [3.05, 3.63) is 17.7 Å². The molecule has 0 unspecified atom stereocenters. The molecule has 1 heterocycles. The van der Waals surface area contributed by atoms with Crippen LogP contribution in [0.4, 0.5) is 4.79 Å². The van der Waals surface area contributed by atoms with Crippen molar-refractivity contribution in [2.24, 2.45) is 0 Å². The lowest BCUT2D eigenvalue weighted by molar-refractivity contribution is -0.121. The number of rotatable bonds is 9. The van der Waals surface area contributed by atoms with Gasteiger partial charge in [-0.05, 0) is 44.9 Å². The van der Waals surface area contributed by atoms with Gasteiger partial charge in [-0.2, -0.15) is 0 Å². The minimum Gasteiger partial charge on any atom is -0.493 e. The predicted octanol–water partition coefficient (Wildman–Crippen LogP) is 2.31. The Bertz CT molecular complexity index is 744. The van der Waals surface area contributed by atoms with Crippen molar-refractivity contribution in [1.82, 2.24) is 15.1 Å². The van der Waals surface area contributed by atoms with E-state index in [1.807, 2.05) is 32.9 Å². The number of methoxy groups -OCH3 is 3. The number of nitrogens with zero attached hydrogens (tertiary/aromatic N) is 2. The second-order valence-electron chi connectivity index (χ2n) is 8.69. The maximum atomic E-state index is 12.3. The fourth-order valence-corrected chi connectivity index (χ4v) is 3.46. The van der Waals surface area contributed by atoms with Gasteiger partial charge in [-0.3, -0.25) is 9.69 Å². The molecule has 32 heavy (non-hydrogen) atoms. The van der Waals surface area contributed by atoms with Crippen molar-refractivity contribution in [2.45, 2.75) is 39.2 Å². The predicted molar refractivity (Wildman–Crippen MR) is 122 cm³/mol. The van der Waals surface area contributed by atoms with Crippen LogP contribution in [-0.2, 0) is 16.0 Å². The third-order valence-corrected chi connectivity index (χ3v) is 5.14. The van der Waals surface area contributed by atoms with Gasteiger partial charge in [0, 0.05) is 45.7 Å². The average molecular weight is 452 g/mol. The number of hydrogen-bond donors (Lipinski definition) is 1. The fraction of sp³-hybridized carbons (Fsp3) is 0.652. The quantitative estimate of drug-likeness (QED) is 0.616. The molecule has 1 aliphatic heterocycles. The van der Waals surface area contributed by atoms with Crippen LogP contribution >= 0.6 is 0 Å². The molecule has 180 valence electrons. The number of benzene rings is 1. The number of aryl methyl sites for hydroxylation is 1. The van der Waals surface area contributed by atoms with Crippen LogP contribution in [0.2, 0.25) is 0 Å². The van der Waals surface area contributed by atoms with Crippen LogP contribution in [0.25, 0.3) is 0 Å². The first kappa shape index (κ1) is 25.6. The summed E-state index contributed by atoms with van der Waals surface area (Å²) in [5, 5.41) is 2.97. The van der Waals surface area contributed by atoms with E-state index in [9.17, 15) is 9.59 Å². The molecule has 1 fully saturated rings. The number of carbonyl (C=O) groups is 2. The van der Waals surface area contributed by atoms with Gasteiger partial charge in [-0.15, -0.1) is 0 Å². The first-order valence-electron chi connectivity index (χ1n) is 10.9. The van der Waals surface area contributed by atoms with Gasteiger partial charge in [0.1, 0.15) is 5.60 Å². The Labute approximate surface area is 190 Å². The van der Waals surface area contributed by atoms with E-state index in [-0.39, 0.29) is 12.0 Å². The van der Waals surface area contributed by atoms with Gasteiger partial charge < -0.3 is 29.2 Å². The van der Waals surface area contributed by atoms with Crippen molar-refractivity contribution < 1.29 is 28.5 Å². The van der Waals surface area contributed by atoms with E-state index in [4.69, 9.17) is 18.9 Å². The molecule has 9 heteroatoms. The van der Waals surface area contributed by atoms with E-state index in [1.54, 1.807) is 26.2 Å². The maximum Gasteiger partial charge on any atom is 0.410 e. The number of nitrogens with one attached hydrogen (secondary N) is 1. The zero-order valence-electron chi connectivity index (χ0n) is 20.2. The van der Waals surface area contributed by atoms with Crippen LogP contribution in [-0.4, -0.2) is 88.0 Å². The van der Waals surface area contributed by atoms with Gasteiger partial charge in [0.15, 0.2) is 11.5 Å². The van der Waals surface area contributed by atoms with Crippen molar-refractivity contribution in [2.75, 3.05) is 60.6 Å². The fourth-order valence-electron chi connectivity index (χ4n) is 3.46. The number of amides is 2. The molecule has 1 aromatic carbocycles. The highest BCUT2D eigenvalue weighted by molar-refractivity contribution is 5.76. The molecular formula is C23H37N3O6. The molecule has 0 saturated carbocycles. The molecule has 0 bridgehead atoms. The molecule has 1 N–H and O–H groups in total.